The first-order chi connectivity index (χ1) is 14.9. The second-order valence-electron chi connectivity index (χ2n) is 7.42. The summed E-state index contributed by atoms with van der Waals surface area (Å²) in [5, 5.41) is 2.23. The van der Waals surface area contributed by atoms with Gasteiger partial charge >= 0.3 is 0 Å². The molecular weight excluding hydrogens is 366 g/mol. The molecule has 30 heavy (non-hydrogen) atoms. The van der Waals surface area contributed by atoms with Crippen LogP contribution in [0.25, 0.3) is 55.4 Å². The van der Waals surface area contributed by atoms with Gasteiger partial charge in [-0.25, -0.2) is 0 Å². The van der Waals surface area contributed by atoms with Crippen LogP contribution in [0.15, 0.2) is 108 Å². The first-order valence-electron chi connectivity index (χ1n) is 10.0. The highest BCUT2D eigenvalue weighted by Gasteiger charge is 2.20. The zero-order valence-corrected chi connectivity index (χ0v) is 16.2. The molecule has 0 saturated heterocycles. The van der Waals surface area contributed by atoms with Crippen LogP contribution in [0.5, 0.6) is 0 Å². The first kappa shape index (κ1) is 16.9. The fourth-order valence-electron chi connectivity index (χ4n) is 4.20. The van der Waals surface area contributed by atoms with Gasteiger partial charge in [-0.3, -0.25) is 0 Å². The largest absolute Gasteiger partial charge is 0.456 e. The van der Waals surface area contributed by atoms with Crippen molar-refractivity contribution in [1.29, 1.82) is 0 Å². The molecule has 0 saturated carbocycles. The van der Waals surface area contributed by atoms with E-state index in [0.29, 0.717) is 0 Å². The zero-order valence-electron chi connectivity index (χ0n) is 16.2. The van der Waals surface area contributed by atoms with Crippen molar-refractivity contribution in [2.75, 3.05) is 0 Å². The van der Waals surface area contributed by atoms with Gasteiger partial charge in [0.15, 0.2) is 0 Å². The van der Waals surface area contributed by atoms with Crippen LogP contribution < -0.4 is 0 Å². The molecule has 2 nitrogen and oxygen atoms in total. The Morgan fingerprint density at radius 1 is 0.667 bits per heavy atom. The van der Waals surface area contributed by atoms with Gasteiger partial charge in [-0.1, -0.05) is 84.9 Å². The van der Waals surface area contributed by atoms with Crippen LogP contribution in [-0.2, 0) is 0 Å². The lowest BCUT2D eigenvalue weighted by Crippen LogP contribution is -1.87. The van der Waals surface area contributed by atoms with Crippen LogP contribution in [0.1, 0.15) is 0 Å². The van der Waals surface area contributed by atoms with Crippen LogP contribution in [0.4, 0.5) is 0 Å². The van der Waals surface area contributed by atoms with Gasteiger partial charge in [0.2, 0.25) is 0 Å². The first-order valence-corrected chi connectivity index (χ1v) is 10.0. The highest BCUT2D eigenvalue weighted by Crippen LogP contribution is 2.43. The lowest BCUT2D eigenvalue weighted by molar-refractivity contribution is 0.632. The number of aromatic amines is 1. The van der Waals surface area contributed by atoms with E-state index in [1.54, 1.807) is 0 Å². The third-order valence-electron chi connectivity index (χ3n) is 5.60. The third-order valence-corrected chi connectivity index (χ3v) is 5.60. The van der Waals surface area contributed by atoms with Crippen molar-refractivity contribution >= 4 is 21.9 Å². The monoisotopic (exact) mass is 384 g/mol. The molecule has 0 bridgehead atoms. The third kappa shape index (κ3) is 2.66. The number of H-pyrrole nitrogens is 1. The highest BCUT2D eigenvalue weighted by atomic mass is 16.3. The quantitative estimate of drug-likeness (QED) is 0.332. The fraction of sp³-hybridized carbons (Fsp3) is 0. The summed E-state index contributed by atoms with van der Waals surface area (Å²) >= 11 is 0. The number of fused-ring (bicyclic) bond motifs is 2. The Labute approximate surface area is 174 Å². The maximum atomic E-state index is 6.36. The number of hydrogen-bond acceptors (Lipinski definition) is 1. The number of para-hydroxylation sites is 1. The Kier molecular flexibility index (Phi) is 3.82. The summed E-state index contributed by atoms with van der Waals surface area (Å²) in [7, 11) is 0. The Balaban J connectivity index is 1.73. The van der Waals surface area contributed by atoms with Gasteiger partial charge in [-0.15, -0.1) is 0 Å². The van der Waals surface area contributed by atoms with E-state index in [-0.39, 0.29) is 0 Å². The van der Waals surface area contributed by atoms with E-state index in [2.05, 4.69) is 84.0 Å². The molecule has 6 rings (SSSR count). The average molecular weight is 384 g/mol. The molecule has 2 heteroatoms. The predicted octanol–water partition coefficient (Wildman–Crippen LogP) is 7.72. The van der Waals surface area contributed by atoms with Gasteiger partial charge in [-0.05, 0) is 34.9 Å². The number of aromatic nitrogens is 1. The van der Waals surface area contributed by atoms with Gasteiger partial charge < -0.3 is 9.40 Å². The molecule has 4 aromatic carbocycles. The molecule has 2 heterocycles. The summed E-state index contributed by atoms with van der Waals surface area (Å²) in [5.74, 6) is 0.867. The van der Waals surface area contributed by atoms with Crippen LogP contribution in [0, 0.1) is 6.20 Å². The molecule has 0 aliphatic carbocycles. The highest BCUT2D eigenvalue weighted by molar-refractivity contribution is 6.10. The minimum atomic E-state index is 0.867. The average Bonchev–Trinajstić information content (AvgIpc) is 3.44. The van der Waals surface area contributed by atoms with E-state index < -0.39 is 0 Å². The fourth-order valence-corrected chi connectivity index (χ4v) is 4.20. The number of nitrogens with one attached hydrogen (secondary N) is 1. The summed E-state index contributed by atoms with van der Waals surface area (Å²) in [4.78, 5) is 3.34. The molecule has 0 amide bonds. The van der Waals surface area contributed by atoms with E-state index in [0.717, 1.165) is 55.4 Å². The van der Waals surface area contributed by atoms with Crippen molar-refractivity contribution < 1.29 is 4.42 Å². The molecule has 0 fully saturated rings. The van der Waals surface area contributed by atoms with Crippen molar-refractivity contribution in [3.8, 4) is 33.6 Å². The molecule has 0 aliphatic heterocycles. The molecule has 0 aliphatic rings. The maximum Gasteiger partial charge on any atom is 0.136 e. The van der Waals surface area contributed by atoms with Crippen LogP contribution in [0.2, 0.25) is 0 Å². The molecule has 141 valence electrons. The summed E-state index contributed by atoms with van der Waals surface area (Å²) in [6.07, 6.45) is 3.39. The minimum Gasteiger partial charge on any atom is -0.456 e. The van der Waals surface area contributed by atoms with Gasteiger partial charge in [0.25, 0.3) is 0 Å². The Morgan fingerprint density at radius 3 is 2.13 bits per heavy atom. The normalized spacial score (nSPS) is 11.3. The molecule has 0 spiro atoms. The van der Waals surface area contributed by atoms with Gasteiger partial charge in [-0.2, -0.15) is 0 Å². The maximum absolute atomic E-state index is 6.36. The van der Waals surface area contributed by atoms with Crippen LogP contribution >= 0.6 is 0 Å². The molecule has 0 unspecified atom stereocenters. The molecular formula is C28H18NO. The summed E-state index contributed by atoms with van der Waals surface area (Å²) in [6.45, 7) is 0. The molecule has 2 aromatic heterocycles. The number of rotatable bonds is 3. The van der Waals surface area contributed by atoms with Crippen molar-refractivity contribution in [2.45, 2.75) is 0 Å². The zero-order chi connectivity index (χ0) is 19.9. The topological polar surface area (TPSA) is 28.9 Å². The standard InChI is InChI=1S/C28H18NO/c1-3-9-19(10-4-1)22-15-16-24-27(23(18-29-24)20-11-5-2-6-12-20)28(22)26-17-21-13-7-8-14-25(21)30-26/h1-17,29H. The van der Waals surface area contributed by atoms with Crippen molar-refractivity contribution in [2.24, 2.45) is 0 Å². The lowest BCUT2D eigenvalue weighted by Gasteiger charge is -2.11. The number of hydrogen-bond donors (Lipinski definition) is 1. The van der Waals surface area contributed by atoms with E-state index in [9.17, 15) is 0 Å². The number of furan rings is 1. The summed E-state index contributed by atoms with van der Waals surface area (Å²) < 4.78 is 6.36. The smallest absolute Gasteiger partial charge is 0.136 e. The number of benzene rings is 4. The van der Waals surface area contributed by atoms with E-state index in [1.807, 2.05) is 30.3 Å². The summed E-state index contributed by atoms with van der Waals surface area (Å²) in [6, 6.07) is 35.5. The summed E-state index contributed by atoms with van der Waals surface area (Å²) in [5.41, 5.74) is 7.52. The Bertz CT molecular complexity index is 1440. The van der Waals surface area contributed by atoms with Crippen molar-refractivity contribution in [3.63, 3.8) is 0 Å². The SMILES string of the molecule is [c]1[nH]c2ccc(-c3ccccc3)c(-c3cc4ccccc4o3)c2c1-c1ccccc1. The minimum absolute atomic E-state index is 0.867. The Morgan fingerprint density at radius 2 is 1.37 bits per heavy atom. The van der Waals surface area contributed by atoms with Crippen molar-refractivity contribution in [1.82, 2.24) is 4.98 Å². The van der Waals surface area contributed by atoms with E-state index >= 15 is 0 Å². The van der Waals surface area contributed by atoms with Gasteiger partial charge in [0, 0.05) is 27.4 Å². The van der Waals surface area contributed by atoms with Crippen LogP contribution in [-0.4, -0.2) is 4.98 Å². The van der Waals surface area contributed by atoms with Crippen LogP contribution in [0.3, 0.4) is 0 Å². The van der Waals surface area contributed by atoms with E-state index in [1.165, 1.54) is 0 Å². The second kappa shape index (κ2) is 6.78. The molecule has 6 aromatic rings. The second-order valence-corrected chi connectivity index (χ2v) is 7.42. The molecule has 1 N–H and O–H groups in total. The molecule has 1 radical (unpaired) electrons. The molecule has 0 atom stereocenters. The van der Waals surface area contributed by atoms with Gasteiger partial charge in [0.1, 0.15) is 11.3 Å². The lowest BCUT2D eigenvalue weighted by atomic mass is 9.92. The van der Waals surface area contributed by atoms with Gasteiger partial charge in [0.05, 0.1) is 6.20 Å². The predicted molar refractivity (Wildman–Crippen MR) is 123 cm³/mol. The van der Waals surface area contributed by atoms with E-state index in [4.69, 9.17) is 4.42 Å². The Hall–Kier alpha value is -4.04. The van der Waals surface area contributed by atoms with Crippen molar-refractivity contribution in [3.05, 3.63) is 109 Å².